The fourth-order valence-electron chi connectivity index (χ4n) is 2.30. The Balaban J connectivity index is 1.94. The summed E-state index contributed by atoms with van der Waals surface area (Å²) in [5, 5.41) is 13.3. The highest BCUT2D eigenvalue weighted by Crippen LogP contribution is 2.18. The molecule has 0 bridgehead atoms. The van der Waals surface area contributed by atoms with Crippen LogP contribution in [0.4, 0.5) is 4.39 Å². The molecule has 0 spiro atoms. The molecule has 0 aliphatic heterocycles. The summed E-state index contributed by atoms with van der Waals surface area (Å²) in [4.78, 5) is 0. The largest absolute Gasteiger partial charge is 0.387 e. The van der Waals surface area contributed by atoms with Gasteiger partial charge in [-0.1, -0.05) is 49.4 Å². The van der Waals surface area contributed by atoms with E-state index in [1.54, 1.807) is 18.2 Å². The molecule has 2 atom stereocenters. The van der Waals surface area contributed by atoms with Crippen LogP contribution >= 0.6 is 0 Å². The Morgan fingerprint density at radius 2 is 1.76 bits per heavy atom. The fraction of sp³-hybridized carbons (Fsp3) is 0.333. The standard InChI is InChI=1S/C18H22FNO/c1-3-14-8-10-15(11-9-14)13(2)20-12-18(21)16-6-4-5-7-17(16)19/h4-11,13,18,20-21H,3,12H2,1-2H3. The minimum absolute atomic E-state index is 0.109. The zero-order valence-corrected chi connectivity index (χ0v) is 12.5. The molecule has 0 fully saturated rings. The van der Waals surface area contributed by atoms with Crippen LogP contribution in [0.5, 0.6) is 0 Å². The zero-order chi connectivity index (χ0) is 15.2. The van der Waals surface area contributed by atoms with Crippen LogP contribution in [0, 0.1) is 5.82 Å². The van der Waals surface area contributed by atoms with Crippen LogP contribution in [0.15, 0.2) is 48.5 Å². The van der Waals surface area contributed by atoms with Crippen LogP contribution in [0.3, 0.4) is 0 Å². The quantitative estimate of drug-likeness (QED) is 0.847. The third-order valence-corrected chi connectivity index (χ3v) is 3.77. The van der Waals surface area contributed by atoms with E-state index in [-0.39, 0.29) is 11.9 Å². The van der Waals surface area contributed by atoms with Gasteiger partial charge in [-0.3, -0.25) is 0 Å². The van der Waals surface area contributed by atoms with E-state index in [0.717, 1.165) is 12.0 Å². The van der Waals surface area contributed by atoms with E-state index >= 15 is 0 Å². The van der Waals surface area contributed by atoms with Crippen molar-refractivity contribution >= 4 is 0 Å². The number of nitrogens with one attached hydrogen (secondary N) is 1. The fourth-order valence-corrected chi connectivity index (χ4v) is 2.30. The second-order valence-electron chi connectivity index (χ2n) is 5.26. The Labute approximate surface area is 125 Å². The smallest absolute Gasteiger partial charge is 0.129 e. The van der Waals surface area contributed by atoms with Gasteiger partial charge in [-0.2, -0.15) is 0 Å². The van der Waals surface area contributed by atoms with Crippen molar-refractivity contribution < 1.29 is 9.50 Å². The molecule has 0 saturated heterocycles. The van der Waals surface area contributed by atoms with Crippen molar-refractivity contribution in [1.29, 1.82) is 0 Å². The van der Waals surface area contributed by atoms with Crippen molar-refractivity contribution in [3.8, 4) is 0 Å². The molecule has 2 aromatic rings. The summed E-state index contributed by atoms with van der Waals surface area (Å²) in [6.07, 6.45) is 0.178. The number of hydrogen-bond acceptors (Lipinski definition) is 2. The summed E-state index contributed by atoms with van der Waals surface area (Å²) < 4.78 is 13.6. The highest BCUT2D eigenvalue weighted by Gasteiger charge is 2.13. The van der Waals surface area contributed by atoms with Crippen LogP contribution in [0.25, 0.3) is 0 Å². The minimum atomic E-state index is -0.844. The van der Waals surface area contributed by atoms with E-state index in [9.17, 15) is 9.50 Å². The summed E-state index contributed by atoms with van der Waals surface area (Å²) in [6, 6.07) is 14.8. The van der Waals surface area contributed by atoms with Crippen LogP contribution in [0.1, 0.15) is 42.7 Å². The summed E-state index contributed by atoms with van der Waals surface area (Å²) >= 11 is 0. The number of aliphatic hydroxyl groups is 1. The average Bonchev–Trinajstić information content (AvgIpc) is 2.52. The van der Waals surface area contributed by atoms with E-state index in [0.29, 0.717) is 12.1 Å². The lowest BCUT2D eigenvalue weighted by Gasteiger charge is -2.18. The van der Waals surface area contributed by atoms with Gasteiger partial charge in [0.05, 0.1) is 6.10 Å². The summed E-state index contributed by atoms with van der Waals surface area (Å²) in [7, 11) is 0. The molecule has 0 saturated carbocycles. The Morgan fingerprint density at radius 3 is 2.38 bits per heavy atom. The highest BCUT2D eigenvalue weighted by molar-refractivity contribution is 5.25. The van der Waals surface area contributed by atoms with Crippen molar-refractivity contribution in [2.75, 3.05) is 6.54 Å². The maximum Gasteiger partial charge on any atom is 0.129 e. The molecule has 0 heterocycles. The normalized spacial score (nSPS) is 13.9. The van der Waals surface area contributed by atoms with Crippen molar-refractivity contribution in [3.05, 3.63) is 71.0 Å². The van der Waals surface area contributed by atoms with Crippen molar-refractivity contribution in [3.63, 3.8) is 0 Å². The number of benzene rings is 2. The third kappa shape index (κ3) is 4.13. The first-order valence-electron chi connectivity index (χ1n) is 7.36. The molecule has 2 unspecified atom stereocenters. The Hall–Kier alpha value is -1.71. The topological polar surface area (TPSA) is 32.3 Å². The molecule has 3 heteroatoms. The third-order valence-electron chi connectivity index (χ3n) is 3.77. The van der Waals surface area contributed by atoms with Gasteiger partial charge < -0.3 is 10.4 Å². The second-order valence-corrected chi connectivity index (χ2v) is 5.26. The number of hydrogen-bond donors (Lipinski definition) is 2. The number of halogens is 1. The predicted molar refractivity (Wildman–Crippen MR) is 83.6 cm³/mol. The Kier molecular flexibility index (Phi) is 5.48. The molecule has 2 rings (SSSR count). The van der Waals surface area contributed by atoms with E-state index in [2.05, 4.69) is 36.5 Å². The molecule has 21 heavy (non-hydrogen) atoms. The van der Waals surface area contributed by atoms with Gasteiger partial charge >= 0.3 is 0 Å². The molecule has 0 amide bonds. The molecule has 0 radical (unpaired) electrons. The van der Waals surface area contributed by atoms with Gasteiger partial charge in [0.15, 0.2) is 0 Å². The Bertz CT molecular complexity index is 568. The monoisotopic (exact) mass is 287 g/mol. The Morgan fingerprint density at radius 1 is 1.10 bits per heavy atom. The van der Waals surface area contributed by atoms with Gasteiger partial charge in [-0.25, -0.2) is 4.39 Å². The van der Waals surface area contributed by atoms with Gasteiger partial charge in [0.25, 0.3) is 0 Å². The lowest BCUT2D eigenvalue weighted by atomic mass is 10.0. The molecule has 2 aromatic carbocycles. The van der Waals surface area contributed by atoms with Crippen LogP contribution in [0.2, 0.25) is 0 Å². The lowest BCUT2D eigenvalue weighted by Crippen LogP contribution is -2.25. The van der Waals surface area contributed by atoms with Crippen LogP contribution in [-0.2, 0) is 6.42 Å². The van der Waals surface area contributed by atoms with Crippen molar-refractivity contribution in [1.82, 2.24) is 5.32 Å². The summed E-state index contributed by atoms with van der Waals surface area (Å²) in [6.45, 7) is 4.48. The van der Waals surface area contributed by atoms with E-state index in [1.165, 1.54) is 11.6 Å². The maximum absolute atomic E-state index is 13.6. The zero-order valence-electron chi connectivity index (χ0n) is 12.5. The number of aryl methyl sites for hydroxylation is 1. The second kappa shape index (κ2) is 7.34. The predicted octanol–water partition coefficient (Wildman–Crippen LogP) is 3.77. The first kappa shape index (κ1) is 15.7. The molecular weight excluding hydrogens is 265 g/mol. The lowest BCUT2D eigenvalue weighted by molar-refractivity contribution is 0.166. The number of rotatable bonds is 6. The van der Waals surface area contributed by atoms with E-state index in [1.807, 2.05) is 6.92 Å². The molecule has 112 valence electrons. The van der Waals surface area contributed by atoms with E-state index in [4.69, 9.17) is 0 Å². The van der Waals surface area contributed by atoms with Gasteiger partial charge in [-0.05, 0) is 30.5 Å². The maximum atomic E-state index is 13.6. The van der Waals surface area contributed by atoms with Crippen molar-refractivity contribution in [2.45, 2.75) is 32.4 Å². The highest BCUT2D eigenvalue weighted by atomic mass is 19.1. The SMILES string of the molecule is CCc1ccc(C(C)NCC(O)c2ccccc2F)cc1. The number of aliphatic hydroxyl groups excluding tert-OH is 1. The molecule has 0 aliphatic rings. The molecule has 0 aromatic heterocycles. The van der Waals surface area contributed by atoms with E-state index < -0.39 is 6.10 Å². The van der Waals surface area contributed by atoms with Crippen LogP contribution in [-0.4, -0.2) is 11.7 Å². The summed E-state index contributed by atoms with van der Waals surface area (Å²) in [5.74, 6) is -0.369. The van der Waals surface area contributed by atoms with Crippen molar-refractivity contribution in [2.24, 2.45) is 0 Å². The molecular formula is C18H22FNO. The molecule has 2 N–H and O–H groups in total. The first-order valence-corrected chi connectivity index (χ1v) is 7.36. The summed E-state index contributed by atoms with van der Waals surface area (Å²) in [5.41, 5.74) is 2.80. The van der Waals surface area contributed by atoms with Gasteiger partial charge in [0.2, 0.25) is 0 Å². The van der Waals surface area contributed by atoms with Gasteiger partial charge in [-0.15, -0.1) is 0 Å². The average molecular weight is 287 g/mol. The molecule has 2 nitrogen and oxygen atoms in total. The minimum Gasteiger partial charge on any atom is -0.387 e. The van der Waals surface area contributed by atoms with Gasteiger partial charge in [0.1, 0.15) is 5.82 Å². The van der Waals surface area contributed by atoms with Gasteiger partial charge in [0, 0.05) is 18.2 Å². The van der Waals surface area contributed by atoms with Crippen LogP contribution < -0.4 is 5.32 Å². The molecule has 0 aliphatic carbocycles. The first-order chi connectivity index (χ1) is 10.1.